The first kappa shape index (κ1) is 22.7. The molecule has 0 saturated carbocycles. The molecule has 0 atom stereocenters. The predicted octanol–water partition coefficient (Wildman–Crippen LogP) is 4.02. The molecular formula is C23H27N3O4S2. The number of thiophene rings is 1. The van der Waals surface area contributed by atoms with Gasteiger partial charge in [-0.15, -0.1) is 11.3 Å². The van der Waals surface area contributed by atoms with Crippen LogP contribution in [-0.2, 0) is 14.8 Å². The third-order valence-electron chi connectivity index (χ3n) is 5.56. The maximum absolute atomic E-state index is 13.1. The van der Waals surface area contributed by atoms with E-state index < -0.39 is 10.0 Å². The first-order valence-electron chi connectivity index (χ1n) is 10.7. The number of nitrogens with one attached hydrogen (secondary N) is 1. The van der Waals surface area contributed by atoms with Crippen LogP contribution in [0, 0.1) is 0 Å². The molecule has 1 saturated heterocycles. The summed E-state index contributed by atoms with van der Waals surface area (Å²) in [5.41, 5.74) is 1.28. The van der Waals surface area contributed by atoms with Crippen molar-refractivity contribution in [1.82, 2.24) is 4.31 Å². The van der Waals surface area contributed by atoms with Gasteiger partial charge in [-0.05, 0) is 35.7 Å². The smallest absolute Gasteiger partial charge is 0.265 e. The molecule has 2 heterocycles. The Morgan fingerprint density at radius 1 is 1.09 bits per heavy atom. The van der Waals surface area contributed by atoms with Gasteiger partial charge in [0.2, 0.25) is 10.0 Å². The minimum atomic E-state index is -3.65. The number of nitrogens with zero attached hydrogens (tertiary/aromatic N) is 2. The van der Waals surface area contributed by atoms with Crippen molar-refractivity contribution in [2.75, 3.05) is 49.6 Å². The van der Waals surface area contributed by atoms with Crippen LogP contribution in [0.25, 0.3) is 10.1 Å². The highest BCUT2D eigenvalue weighted by molar-refractivity contribution is 7.89. The minimum Gasteiger partial charge on any atom is -0.378 e. The number of ether oxygens (including phenoxy) is 1. The van der Waals surface area contributed by atoms with Crippen LogP contribution in [0.5, 0.6) is 0 Å². The fourth-order valence-electron chi connectivity index (χ4n) is 3.85. The Bertz CT molecular complexity index is 1180. The lowest BCUT2D eigenvalue weighted by Gasteiger charge is -2.31. The van der Waals surface area contributed by atoms with Crippen molar-refractivity contribution in [2.24, 2.45) is 0 Å². The van der Waals surface area contributed by atoms with Crippen molar-refractivity contribution >= 4 is 48.7 Å². The molecular weight excluding hydrogens is 446 g/mol. The van der Waals surface area contributed by atoms with E-state index in [-0.39, 0.29) is 10.8 Å². The van der Waals surface area contributed by atoms with E-state index in [1.165, 1.54) is 15.6 Å². The van der Waals surface area contributed by atoms with Crippen LogP contribution in [0.4, 0.5) is 11.4 Å². The SMILES string of the molecule is CCN(CC)S(=O)(=O)c1ccc(N2CCOCC2)c(NC(=O)c2cc3ccccc3s2)c1. The lowest BCUT2D eigenvalue weighted by Crippen LogP contribution is -2.37. The Hall–Kier alpha value is -2.46. The fraction of sp³-hybridized carbons (Fsp3) is 0.348. The quantitative estimate of drug-likeness (QED) is 0.561. The van der Waals surface area contributed by atoms with Gasteiger partial charge in [0.1, 0.15) is 0 Å². The zero-order valence-corrected chi connectivity index (χ0v) is 19.8. The summed E-state index contributed by atoms with van der Waals surface area (Å²) in [6.07, 6.45) is 0. The van der Waals surface area contributed by atoms with Crippen molar-refractivity contribution in [2.45, 2.75) is 18.7 Å². The van der Waals surface area contributed by atoms with Crippen LogP contribution >= 0.6 is 11.3 Å². The average molecular weight is 474 g/mol. The van der Waals surface area contributed by atoms with Crippen LogP contribution < -0.4 is 10.2 Å². The van der Waals surface area contributed by atoms with Gasteiger partial charge in [0.05, 0.1) is 34.4 Å². The van der Waals surface area contributed by atoms with Crippen molar-refractivity contribution < 1.29 is 17.9 Å². The molecule has 1 N–H and O–H groups in total. The molecule has 1 amide bonds. The molecule has 1 aromatic heterocycles. The van der Waals surface area contributed by atoms with Gasteiger partial charge in [0, 0.05) is 30.9 Å². The number of hydrogen-bond donors (Lipinski definition) is 1. The van der Waals surface area contributed by atoms with E-state index >= 15 is 0 Å². The zero-order chi connectivity index (χ0) is 22.7. The number of sulfonamides is 1. The number of carbonyl (C=O) groups is 1. The topological polar surface area (TPSA) is 79.0 Å². The van der Waals surface area contributed by atoms with Gasteiger partial charge in [-0.1, -0.05) is 32.0 Å². The Morgan fingerprint density at radius 2 is 1.81 bits per heavy atom. The Kier molecular flexibility index (Phi) is 6.80. The van der Waals surface area contributed by atoms with Crippen molar-refractivity contribution in [3.05, 3.63) is 53.4 Å². The van der Waals surface area contributed by atoms with E-state index in [9.17, 15) is 13.2 Å². The molecule has 0 radical (unpaired) electrons. The van der Waals surface area contributed by atoms with E-state index in [4.69, 9.17) is 4.74 Å². The number of carbonyl (C=O) groups excluding carboxylic acids is 1. The van der Waals surface area contributed by atoms with Gasteiger partial charge in [0.15, 0.2) is 0 Å². The summed E-state index contributed by atoms with van der Waals surface area (Å²) in [6.45, 7) is 6.91. The molecule has 0 unspecified atom stereocenters. The van der Waals surface area contributed by atoms with E-state index in [1.807, 2.05) is 44.2 Å². The monoisotopic (exact) mass is 473 g/mol. The van der Waals surface area contributed by atoms with E-state index in [0.717, 1.165) is 15.8 Å². The number of fused-ring (bicyclic) bond motifs is 1. The van der Waals surface area contributed by atoms with Gasteiger partial charge in [-0.3, -0.25) is 4.79 Å². The van der Waals surface area contributed by atoms with Crippen molar-refractivity contribution in [3.8, 4) is 0 Å². The second-order valence-electron chi connectivity index (χ2n) is 7.47. The molecule has 3 aromatic rings. The Labute approximate surface area is 192 Å². The van der Waals surface area contributed by atoms with E-state index in [2.05, 4.69) is 10.2 Å². The number of amides is 1. The molecule has 7 nitrogen and oxygen atoms in total. The minimum absolute atomic E-state index is 0.171. The molecule has 9 heteroatoms. The molecule has 1 fully saturated rings. The van der Waals surface area contributed by atoms with Crippen molar-refractivity contribution in [1.29, 1.82) is 0 Å². The van der Waals surface area contributed by atoms with E-state index in [1.54, 1.807) is 18.2 Å². The highest BCUT2D eigenvalue weighted by atomic mass is 32.2. The van der Waals surface area contributed by atoms with Gasteiger partial charge in [-0.2, -0.15) is 4.31 Å². The highest BCUT2D eigenvalue weighted by Gasteiger charge is 2.25. The molecule has 1 aliphatic rings. The van der Waals surface area contributed by atoms with Crippen LogP contribution in [-0.4, -0.2) is 58.0 Å². The second-order valence-corrected chi connectivity index (χ2v) is 10.5. The first-order valence-corrected chi connectivity index (χ1v) is 13.0. The summed E-state index contributed by atoms with van der Waals surface area (Å²) in [5.74, 6) is -0.252. The largest absolute Gasteiger partial charge is 0.378 e. The number of hydrogen-bond acceptors (Lipinski definition) is 6. The van der Waals surface area contributed by atoms with Gasteiger partial charge in [-0.25, -0.2) is 8.42 Å². The summed E-state index contributed by atoms with van der Waals surface area (Å²) in [6, 6.07) is 14.7. The lowest BCUT2D eigenvalue weighted by molar-refractivity contribution is 0.103. The standard InChI is InChI=1S/C23H27N3O4S2/c1-3-26(4-2)32(28,29)18-9-10-20(25-11-13-30-14-12-25)19(16-18)24-23(27)22-15-17-7-5-6-8-21(17)31-22/h5-10,15-16H,3-4,11-14H2,1-2H3,(H,24,27). The fourth-order valence-corrected chi connectivity index (χ4v) is 6.29. The van der Waals surface area contributed by atoms with Gasteiger partial charge < -0.3 is 15.0 Å². The maximum atomic E-state index is 13.1. The van der Waals surface area contributed by atoms with Crippen molar-refractivity contribution in [3.63, 3.8) is 0 Å². The zero-order valence-electron chi connectivity index (χ0n) is 18.2. The number of benzene rings is 2. The second kappa shape index (κ2) is 9.58. The molecule has 32 heavy (non-hydrogen) atoms. The van der Waals surface area contributed by atoms with Gasteiger partial charge >= 0.3 is 0 Å². The average Bonchev–Trinajstić information content (AvgIpc) is 3.25. The van der Waals surface area contributed by atoms with Crippen LogP contribution in [0.3, 0.4) is 0 Å². The highest BCUT2D eigenvalue weighted by Crippen LogP contribution is 2.32. The number of morpholine rings is 1. The third kappa shape index (κ3) is 4.52. The molecule has 1 aliphatic heterocycles. The van der Waals surface area contributed by atoms with E-state index in [0.29, 0.717) is 50.0 Å². The van der Waals surface area contributed by atoms with Crippen LogP contribution in [0.1, 0.15) is 23.5 Å². The maximum Gasteiger partial charge on any atom is 0.265 e. The Balaban J connectivity index is 1.71. The summed E-state index contributed by atoms with van der Waals surface area (Å²) in [4.78, 5) is 16.0. The molecule has 170 valence electrons. The Morgan fingerprint density at radius 3 is 2.50 bits per heavy atom. The molecule has 0 aliphatic carbocycles. The van der Waals surface area contributed by atoms with Crippen LogP contribution in [0.2, 0.25) is 0 Å². The molecule has 0 spiro atoms. The summed E-state index contributed by atoms with van der Waals surface area (Å²) < 4.78 is 34.1. The summed E-state index contributed by atoms with van der Waals surface area (Å²) >= 11 is 1.42. The third-order valence-corrected chi connectivity index (χ3v) is 8.72. The lowest BCUT2D eigenvalue weighted by atomic mass is 10.2. The summed E-state index contributed by atoms with van der Waals surface area (Å²) in [5, 5.41) is 3.99. The predicted molar refractivity (Wildman–Crippen MR) is 129 cm³/mol. The number of anilines is 2. The summed E-state index contributed by atoms with van der Waals surface area (Å²) in [7, 11) is -3.65. The van der Waals surface area contributed by atoms with Gasteiger partial charge in [0.25, 0.3) is 5.91 Å². The first-order chi connectivity index (χ1) is 15.4. The molecule has 4 rings (SSSR count). The molecule has 0 bridgehead atoms. The van der Waals surface area contributed by atoms with Crippen LogP contribution in [0.15, 0.2) is 53.4 Å². The molecule has 2 aromatic carbocycles. The number of rotatable bonds is 7. The normalized spacial score (nSPS) is 14.8.